The van der Waals surface area contributed by atoms with Gasteiger partial charge in [-0.3, -0.25) is 0 Å². The van der Waals surface area contributed by atoms with Crippen LogP contribution in [0.4, 0.5) is 0 Å². The second-order valence-corrected chi connectivity index (χ2v) is 4.67. The molecule has 0 fully saturated rings. The van der Waals surface area contributed by atoms with Crippen LogP contribution in [0.15, 0.2) is 40.9 Å². The van der Waals surface area contributed by atoms with E-state index in [-0.39, 0.29) is 0 Å². The van der Waals surface area contributed by atoms with Gasteiger partial charge in [0.25, 0.3) is 0 Å². The van der Waals surface area contributed by atoms with Crippen molar-refractivity contribution < 1.29 is 0 Å². The quantitative estimate of drug-likeness (QED) is 0.772. The first-order valence-corrected chi connectivity index (χ1v) is 6.25. The van der Waals surface area contributed by atoms with E-state index in [9.17, 15) is 0 Å². The Balaban J connectivity index is 2.22. The van der Waals surface area contributed by atoms with Gasteiger partial charge in [-0.05, 0) is 37.0 Å². The zero-order valence-corrected chi connectivity index (χ0v) is 10.1. The van der Waals surface area contributed by atoms with Crippen LogP contribution in [0.3, 0.4) is 0 Å². The summed E-state index contributed by atoms with van der Waals surface area (Å²) in [6.07, 6.45) is 4.34. The minimum Gasteiger partial charge on any atom is -0.323 e. The summed E-state index contributed by atoms with van der Waals surface area (Å²) in [6, 6.07) is 9.11. The highest BCUT2D eigenvalue weighted by molar-refractivity contribution is 7.98. The van der Waals surface area contributed by atoms with Crippen molar-refractivity contribution in [2.24, 2.45) is 0 Å². The molecule has 0 amide bonds. The van der Waals surface area contributed by atoms with Crippen LogP contribution in [-0.2, 0) is 0 Å². The third-order valence-corrected chi connectivity index (χ3v) is 3.38. The molecule has 0 spiro atoms. The number of thioether (sulfide) groups is 1. The van der Waals surface area contributed by atoms with E-state index in [1.54, 1.807) is 11.8 Å². The predicted molar refractivity (Wildman–Crippen MR) is 65.6 cm³/mol. The van der Waals surface area contributed by atoms with Gasteiger partial charge in [-0.15, -0.1) is 11.8 Å². The molecule has 1 aromatic rings. The van der Waals surface area contributed by atoms with E-state index in [0.29, 0.717) is 6.04 Å². The molecule has 0 saturated carbocycles. The lowest BCUT2D eigenvalue weighted by molar-refractivity contribution is 0.250. The van der Waals surface area contributed by atoms with Crippen LogP contribution in [0.1, 0.15) is 18.5 Å². The summed E-state index contributed by atoms with van der Waals surface area (Å²) >= 11 is 1.78. The minimum absolute atomic E-state index is 0.362. The van der Waals surface area contributed by atoms with Gasteiger partial charge in [-0.2, -0.15) is 0 Å². The highest BCUT2D eigenvalue weighted by atomic mass is 32.2. The van der Waals surface area contributed by atoms with Crippen LogP contribution >= 0.6 is 11.8 Å². The van der Waals surface area contributed by atoms with Crippen LogP contribution in [-0.4, -0.2) is 18.3 Å². The first-order valence-electron chi connectivity index (χ1n) is 5.02. The largest absolute Gasteiger partial charge is 0.323 e. The molecule has 0 bridgehead atoms. The maximum absolute atomic E-state index is 3.28. The number of nitrogens with one attached hydrogen (secondary N) is 1. The van der Waals surface area contributed by atoms with Crippen LogP contribution in [0.5, 0.6) is 0 Å². The summed E-state index contributed by atoms with van der Waals surface area (Å²) in [7, 11) is 2.07. The van der Waals surface area contributed by atoms with Crippen molar-refractivity contribution in [3.63, 3.8) is 0 Å². The Morgan fingerprint density at radius 3 is 2.40 bits per heavy atom. The zero-order chi connectivity index (χ0) is 10.8. The number of hydrogen-bond acceptors (Lipinski definition) is 3. The number of allylic oxidation sites excluding steroid dienone is 1. The fourth-order valence-electron chi connectivity index (χ4n) is 1.85. The van der Waals surface area contributed by atoms with E-state index in [4.69, 9.17) is 0 Å². The fourth-order valence-corrected chi connectivity index (χ4v) is 2.26. The normalized spacial score (nSPS) is 21.3. The van der Waals surface area contributed by atoms with Gasteiger partial charge in [0.05, 0.1) is 6.04 Å². The molecule has 1 unspecified atom stereocenters. The van der Waals surface area contributed by atoms with Crippen molar-refractivity contribution in [2.75, 3.05) is 13.3 Å². The van der Waals surface area contributed by atoms with Gasteiger partial charge < -0.3 is 5.43 Å². The maximum atomic E-state index is 3.28. The molecule has 1 aliphatic rings. The third-order valence-electron chi connectivity index (χ3n) is 2.64. The Hall–Kier alpha value is -0.930. The van der Waals surface area contributed by atoms with Crippen LogP contribution < -0.4 is 5.43 Å². The highest BCUT2D eigenvalue weighted by Crippen LogP contribution is 2.26. The summed E-state index contributed by atoms with van der Waals surface area (Å²) in [5, 5.41) is 2.13. The van der Waals surface area contributed by atoms with Gasteiger partial charge in [0.15, 0.2) is 0 Å². The predicted octanol–water partition coefficient (Wildman–Crippen LogP) is 2.80. The Morgan fingerprint density at radius 1 is 1.27 bits per heavy atom. The number of rotatable bonds is 2. The molecule has 1 heterocycles. The molecule has 1 aliphatic heterocycles. The molecule has 0 radical (unpaired) electrons. The maximum Gasteiger partial charge on any atom is 0.0738 e. The Kier molecular flexibility index (Phi) is 3.03. The Morgan fingerprint density at radius 2 is 1.93 bits per heavy atom. The third kappa shape index (κ3) is 2.19. The second kappa shape index (κ2) is 4.29. The first kappa shape index (κ1) is 10.6. The summed E-state index contributed by atoms with van der Waals surface area (Å²) < 4.78 is 0. The monoisotopic (exact) mass is 220 g/mol. The lowest BCUT2D eigenvalue weighted by Crippen LogP contribution is -2.29. The average molecular weight is 220 g/mol. The lowest BCUT2D eigenvalue weighted by Gasteiger charge is -2.20. The van der Waals surface area contributed by atoms with Gasteiger partial charge in [0.2, 0.25) is 0 Å². The van der Waals surface area contributed by atoms with Crippen molar-refractivity contribution in [2.45, 2.75) is 17.9 Å². The van der Waals surface area contributed by atoms with E-state index >= 15 is 0 Å². The smallest absolute Gasteiger partial charge is 0.0738 e. The Labute approximate surface area is 95.3 Å². The van der Waals surface area contributed by atoms with Gasteiger partial charge in [0.1, 0.15) is 0 Å². The van der Waals surface area contributed by atoms with Gasteiger partial charge in [0, 0.05) is 17.6 Å². The fraction of sp³-hybridized carbons (Fsp3) is 0.333. The second-order valence-electron chi connectivity index (χ2n) is 3.79. The van der Waals surface area contributed by atoms with E-state index < -0.39 is 0 Å². The van der Waals surface area contributed by atoms with E-state index in [1.807, 2.05) is 0 Å². The summed E-state index contributed by atoms with van der Waals surface area (Å²) in [6.45, 7) is 2.09. The van der Waals surface area contributed by atoms with Crippen LogP contribution in [0.25, 0.3) is 0 Å². The van der Waals surface area contributed by atoms with Crippen LogP contribution in [0.2, 0.25) is 0 Å². The summed E-state index contributed by atoms with van der Waals surface area (Å²) in [5.74, 6) is 0. The number of hydrazine groups is 1. The molecule has 1 aromatic carbocycles. The number of hydrogen-bond donors (Lipinski definition) is 1. The van der Waals surface area contributed by atoms with Crippen molar-refractivity contribution in [3.05, 3.63) is 41.6 Å². The van der Waals surface area contributed by atoms with E-state index in [1.165, 1.54) is 16.2 Å². The number of benzene rings is 1. The molecule has 0 aliphatic carbocycles. The highest BCUT2D eigenvalue weighted by Gasteiger charge is 2.19. The lowest BCUT2D eigenvalue weighted by atomic mass is 10.1. The summed E-state index contributed by atoms with van der Waals surface area (Å²) in [5.41, 5.74) is 5.84. The van der Waals surface area contributed by atoms with Crippen LogP contribution in [0, 0.1) is 0 Å². The molecular formula is C12H16N2S. The number of likely N-dealkylation sites (N-methyl/N-ethyl adjacent to an activating group) is 1. The molecule has 2 nitrogen and oxygen atoms in total. The first-order chi connectivity index (χ1) is 7.20. The zero-order valence-electron chi connectivity index (χ0n) is 9.32. The molecule has 2 rings (SSSR count). The molecule has 80 valence electrons. The summed E-state index contributed by atoms with van der Waals surface area (Å²) in [4.78, 5) is 1.31. The molecule has 3 heteroatoms. The topological polar surface area (TPSA) is 15.3 Å². The van der Waals surface area contributed by atoms with E-state index in [2.05, 4.69) is 61.0 Å². The molecule has 0 saturated heterocycles. The SMILES string of the molecule is CSc1ccc(C2C=C(C)NN2C)cc1. The van der Waals surface area contributed by atoms with Crippen molar-refractivity contribution >= 4 is 11.8 Å². The van der Waals surface area contributed by atoms with Gasteiger partial charge in [-0.25, -0.2) is 5.01 Å². The molecule has 1 atom stereocenters. The standard InChI is InChI=1S/C12H16N2S/c1-9-8-12(14(2)13-9)10-4-6-11(15-3)7-5-10/h4-8,12-13H,1-3H3. The average Bonchev–Trinajstić information content (AvgIpc) is 2.58. The van der Waals surface area contributed by atoms with E-state index in [0.717, 1.165) is 0 Å². The number of nitrogens with zero attached hydrogens (tertiary/aromatic N) is 1. The molecule has 0 aromatic heterocycles. The Bertz CT molecular complexity index is 370. The van der Waals surface area contributed by atoms with Gasteiger partial charge >= 0.3 is 0 Å². The minimum atomic E-state index is 0.362. The van der Waals surface area contributed by atoms with Gasteiger partial charge in [-0.1, -0.05) is 12.1 Å². The molecule has 1 N–H and O–H groups in total. The van der Waals surface area contributed by atoms with Crippen molar-refractivity contribution in [1.82, 2.24) is 10.4 Å². The van der Waals surface area contributed by atoms with Crippen molar-refractivity contribution in [3.8, 4) is 0 Å². The molecule has 15 heavy (non-hydrogen) atoms. The molecular weight excluding hydrogens is 204 g/mol. The van der Waals surface area contributed by atoms with Crippen molar-refractivity contribution in [1.29, 1.82) is 0 Å².